The monoisotopic (exact) mass is 261 g/mol. The van der Waals surface area contributed by atoms with E-state index in [1.807, 2.05) is 36.5 Å². The van der Waals surface area contributed by atoms with E-state index >= 15 is 0 Å². The van der Waals surface area contributed by atoms with E-state index in [-0.39, 0.29) is 0 Å². The van der Waals surface area contributed by atoms with Gasteiger partial charge in [-0.15, -0.1) is 11.6 Å². The maximum atomic E-state index is 5.79. The van der Waals surface area contributed by atoms with Crippen LogP contribution in [0, 0.1) is 0 Å². The third-order valence-corrected chi connectivity index (χ3v) is 3.08. The highest BCUT2D eigenvalue weighted by atomic mass is 35.5. The molecule has 2 heterocycles. The summed E-state index contributed by atoms with van der Waals surface area (Å²) in [5.74, 6) is 0.446. The summed E-state index contributed by atoms with van der Waals surface area (Å²) < 4.78 is 0. The molecule has 0 fully saturated rings. The van der Waals surface area contributed by atoms with Gasteiger partial charge in [-0.1, -0.05) is 6.07 Å². The Morgan fingerprint density at radius 1 is 1.11 bits per heavy atom. The average molecular weight is 262 g/mol. The lowest BCUT2D eigenvalue weighted by molar-refractivity contribution is 0.850. The van der Waals surface area contributed by atoms with Crippen LogP contribution in [0.2, 0.25) is 0 Å². The number of pyridine rings is 2. The van der Waals surface area contributed by atoms with Crippen LogP contribution >= 0.6 is 11.6 Å². The summed E-state index contributed by atoms with van der Waals surface area (Å²) in [4.78, 5) is 10.7. The molecule has 0 saturated carbocycles. The van der Waals surface area contributed by atoms with Gasteiger partial charge in [0, 0.05) is 43.8 Å². The smallest absolute Gasteiger partial charge is 0.0648 e. The van der Waals surface area contributed by atoms with Crippen molar-refractivity contribution >= 4 is 17.3 Å². The minimum absolute atomic E-state index is 0.446. The molecule has 4 heteroatoms. The van der Waals surface area contributed by atoms with E-state index < -0.39 is 0 Å². The zero-order chi connectivity index (χ0) is 12.8. The fourth-order valence-electron chi connectivity index (χ4n) is 1.73. The molecule has 94 valence electrons. The van der Waals surface area contributed by atoms with Crippen LogP contribution in [0.1, 0.15) is 11.4 Å². The van der Waals surface area contributed by atoms with E-state index in [9.17, 15) is 0 Å². The Kier molecular flexibility index (Phi) is 4.53. The summed E-state index contributed by atoms with van der Waals surface area (Å²) in [6.45, 7) is 0.919. The summed E-state index contributed by atoms with van der Waals surface area (Å²) in [5.41, 5.74) is 3.14. The lowest BCUT2D eigenvalue weighted by Gasteiger charge is -2.19. The molecule has 0 amide bonds. The van der Waals surface area contributed by atoms with E-state index in [0.717, 1.165) is 30.0 Å². The van der Waals surface area contributed by atoms with Gasteiger partial charge in [0.25, 0.3) is 0 Å². The lowest BCUT2D eigenvalue weighted by Crippen LogP contribution is -2.20. The number of hydrogen-bond acceptors (Lipinski definition) is 3. The van der Waals surface area contributed by atoms with Crippen LogP contribution in [-0.4, -0.2) is 23.6 Å². The Labute approximate surface area is 112 Å². The fraction of sp³-hybridized carbons (Fsp3) is 0.286. The summed E-state index contributed by atoms with van der Waals surface area (Å²) in [6.07, 6.45) is 4.55. The molecule has 2 aromatic heterocycles. The molecule has 18 heavy (non-hydrogen) atoms. The summed E-state index contributed by atoms with van der Waals surface area (Å²) >= 11 is 5.79. The van der Waals surface area contributed by atoms with Crippen LogP contribution in [0.5, 0.6) is 0 Å². The second-order valence-corrected chi connectivity index (χ2v) is 4.40. The van der Waals surface area contributed by atoms with Crippen molar-refractivity contribution < 1.29 is 0 Å². The van der Waals surface area contributed by atoms with E-state index in [1.54, 1.807) is 6.20 Å². The molecule has 0 aliphatic carbocycles. The van der Waals surface area contributed by atoms with Crippen molar-refractivity contribution in [2.45, 2.75) is 12.3 Å². The first kappa shape index (κ1) is 12.8. The Morgan fingerprint density at radius 2 is 1.94 bits per heavy atom. The van der Waals surface area contributed by atoms with Gasteiger partial charge in [-0.05, 0) is 24.3 Å². The summed E-state index contributed by atoms with van der Waals surface area (Å²) in [7, 11) is 2.07. The Hall–Kier alpha value is -1.61. The number of hydrogen-bond donors (Lipinski definition) is 0. The summed E-state index contributed by atoms with van der Waals surface area (Å²) in [5, 5.41) is 0. The zero-order valence-corrected chi connectivity index (χ0v) is 11.1. The Bertz CT molecular complexity index is 487. The standard InChI is InChI=1S/C14H16ClN3/c1-18(9-6-12-4-2-3-7-16-12)14-5-8-17-13(10-14)11-15/h2-5,7-8,10H,6,9,11H2,1H3. The quantitative estimate of drug-likeness (QED) is 0.775. The van der Waals surface area contributed by atoms with Crippen LogP contribution < -0.4 is 4.90 Å². The molecule has 0 radical (unpaired) electrons. The number of halogens is 1. The number of anilines is 1. The molecule has 2 rings (SSSR count). The van der Waals surface area contributed by atoms with Gasteiger partial charge < -0.3 is 4.90 Å². The van der Waals surface area contributed by atoms with Gasteiger partial charge in [-0.2, -0.15) is 0 Å². The summed E-state index contributed by atoms with van der Waals surface area (Å²) in [6, 6.07) is 10.0. The lowest BCUT2D eigenvalue weighted by atomic mass is 10.2. The maximum Gasteiger partial charge on any atom is 0.0648 e. The number of likely N-dealkylation sites (N-methyl/N-ethyl adjacent to an activating group) is 1. The van der Waals surface area contributed by atoms with Gasteiger partial charge in [0.05, 0.1) is 11.6 Å². The first-order valence-electron chi connectivity index (χ1n) is 5.91. The van der Waals surface area contributed by atoms with Crippen molar-refractivity contribution in [3.05, 3.63) is 54.1 Å². The van der Waals surface area contributed by atoms with Gasteiger partial charge in [-0.25, -0.2) is 0 Å². The highest BCUT2D eigenvalue weighted by Gasteiger charge is 2.03. The van der Waals surface area contributed by atoms with Gasteiger partial charge in [0.1, 0.15) is 0 Å². The molecule has 0 aliphatic heterocycles. The van der Waals surface area contributed by atoms with Crippen LogP contribution in [0.4, 0.5) is 5.69 Å². The molecule has 2 aromatic rings. The van der Waals surface area contributed by atoms with Crippen LogP contribution in [-0.2, 0) is 12.3 Å². The van der Waals surface area contributed by atoms with E-state index in [1.165, 1.54) is 0 Å². The maximum absolute atomic E-state index is 5.79. The molecule has 0 aromatic carbocycles. The molecule has 3 nitrogen and oxygen atoms in total. The van der Waals surface area contributed by atoms with Gasteiger partial charge in [-0.3, -0.25) is 9.97 Å². The molecule has 0 N–H and O–H groups in total. The number of alkyl halides is 1. The first-order chi connectivity index (χ1) is 8.79. The van der Waals surface area contributed by atoms with E-state index in [2.05, 4.69) is 21.9 Å². The largest absolute Gasteiger partial charge is 0.374 e. The minimum Gasteiger partial charge on any atom is -0.374 e. The van der Waals surface area contributed by atoms with Crippen LogP contribution in [0.15, 0.2) is 42.7 Å². The predicted molar refractivity (Wildman–Crippen MR) is 75.0 cm³/mol. The number of nitrogens with zero attached hydrogens (tertiary/aromatic N) is 3. The molecular formula is C14H16ClN3. The van der Waals surface area contributed by atoms with Crippen molar-refractivity contribution in [1.29, 1.82) is 0 Å². The highest BCUT2D eigenvalue weighted by molar-refractivity contribution is 6.16. The Morgan fingerprint density at radius 3 is 2.67 bits per heavy atom. The molecule has 0 unspecified atom stereocenters. The molecule has 0 saturated heterocycles. The van der Waals surface area contributed by atoms with E-state index in [0.29, 0.717) is 5.88 Å². The molecule has 0 aliphatic rings. The van der Waals surface area contributed by atoms with Crippen LogP contribution in [0.25, 0.3) is 0 Å². The third kappa shape index (κ3) is 3.44. The number of rotatable bonds is 5. The van der Waals surface area contributed by atoms with Gasteiger partial charge in [0.15, 0.2) is 0 Å². The van der Waals surface area contributed by atoms with Crippen molar-refractivity contribution in [3.63, 3.8) is 0 Å². The van der Waals surface area contributed by atoms with Gasteiger partial charge in [0.2, 0.25) is 0 Å². The molecule has 0 atom stereocenters. The molecule has 0 bridgehead atoms. The van der Waals surface area contributed by atoms with Crippen molar-refractivity contribution in [3.8, 4) is 0 Å². The number of aromatic nitrogens is 2. The van der Waals surface area contributed by atoms with E-state index in [4.69, 9.17) is 11.6 Å². The predicted octanol–water partition coefficient (Wildman–Crippen LogP) is 2.89. The normalized spacial score (nSPS) is 10.3. The molecule has 0 spiro atoms. The fourth-order valence-corrected chi connectivity index (χ4v) is 1.88. The Balaban J connectivity index is 1.97. The topological polar surface area (TPSA) is 29.0 Å². The van der Waals surface area contributed by atoms with Crippen LogP contribution in [0.3, 0.4) is 0 Å². The minimum atomic E-state index is 0.446. The van der Waals surface area contributed by atoms with Crippen molar-refractivity contribution in [2.24, 2.45) is 0 Å². The second kappa shape index (κ2) is 6.36. The van der Waals surface area contributed by atoms with Gasteiger partial charge >= 0.3 is 0 Å². The third-order valence-electron chi connectivity index (χ3n) is 2.81. The van der Waals surface area contributed by atoms with Crippen molar-refractivity contribution in [1.82, 2.24) is 9.97 Å². The first-order valence-corrected chi connectivity index (χ1v) is 6.45. The zero-order valence-electron chi connectivity index (χ0n) is 10.4. The SMILES string of the molecule is CN(CCc1ccccn1)c1ccnc(CCl)c1. The second-order valence-electron chi connectivity index (χ2n) is 4.13. The van der Waals surface area contributed by atoms with Crippen molar-refractivity contribution in [2.75, 3.05) is 18.5 Å². The molecular weight excluding hydrogens is 246 g/mol. The average Bonchev–Trinajstić information content (AvgIpc) is 2.46. The highest BCUT2D eigenvalue weighted by Crippen LogP contribution is 2.14.